The molecule has 1 rings (SSSR count). The second-order valence-corrected chi connectivity index (χ2v) is 3.29. The van der Waals surface area contributed by atoms with Crippen molar-refractivity contribution in [3.8, 4) is 0 Å². The molecular formula is C5H8N2O3S. The first kappa shape index (κ1) is 8.35. The third kappa shape index (κ3) is 1.84. The highest BCUT2D eigenvalue weighted by Crippen LogP contribution is 2.17. The summed E-state index contributed by atoms with van der Waals surface area (Å²) in [6.07, 6.45) is 0. The molecule has 1 saturated heterocycles. The number of carbonyl (C=O) groups is 2. The van der Waals surface area contributed by atoms with Crippen LogP contribution < -0.4 is 11.1 Å². The highest BCUT2D eigenvalue weighted by molar-refractivity contribution is 8.00. The van der Waals surface area contributed by atoms with Crippen LogP contribution in [0.3, 0.4) is 0 Å². The summed E-state index contributed by atoms with van der Waals surface area (Å²) in [6.45, 7) is 0. The number of nitrogens with two attached hydrogens (primary N) is 1. The van der Waals surface area contributed by atoms with Crippen molar-refractivity contribution in [3.05, 3.63) is 0 Å². The molecule has 6 heteroatoms. The van der Waals surface area contributed by atoms with Crippen LogP contribution in [0.25, 0.3) is 0 Å². The highest BCUT2D eigenvalue weighted by atomic mass is 32.2. The topological polar surface area (TPSA) is 92.4 Å². The predicted molar refractivity (Wildman–Crippen MR) is 40.0 cm³/mol. The van der Waals surface area contributed by atoms with E-state index in [1.54, 1.807) is 0 Å². The first-order valence-corrected chi connectivity index (χ1v) is 4.05. The Morgan fingerprint density at radius 2 is 2.45 bits per heavy atom. The summed E-state index contributed by atoms with van der Waals surface area (Å²) in [4.78, 5) is 20.5. The van der Waals surface area contributed by atoms with E-state index in [-0.39, 0.29) is 17.0 Å². The van der Waals surface area contributed by atoms with E-state index in [4.69, 9.17) is 10.8 Å². The zero-order chi connectivity index (χ0) is 8.43. The Morgan fingerprint density at radius 1 is 1.82 bits per heavy atom. The van der Waals surface area contributed by atoms with Gasteiger partial charge in [-0.1, -0.05) is 0 Å². The third-order valence-corrected chi connectivity index (χ3v) is 2.48. The SMILES string of the molecule is NC1C(=O)NC1SCC(=O)O. The van der Waals surface area contributed by atoms with Gasteiger partial charge in [0.1, 0.15) is 6.04 Å². The van der Waals surface area contributed by atoms with Gasteiger partial charge in [-0.15, -0.1) is 11.8 Å². The zero-order valence-corrected chi connectivity index (χ0v) is 6.43. The molecule has 0 radical (unpaired) electrons. The molecule has 1 heterocycles. The molecule has 0 spiro atoms. The minimum atomic E-state index is -0.900. The highest BCUT2D eigenvalue weighted by Gasteiger charge is 2.36. The first-order chi connectivity index (χ1) is 5.11. The standard InChI is InChI=1S/C5H8N2O3S/c6-3-4(10)7-5(3)11-1-2(8)9/h3,5H,1,6H2,(H,7,10)(H,8,9). The normalized spacial score (nSPS) is 29.0. The fourth-order valence-corrected chi connectivity index (χ4v) is 1.53. The predicted octanol–water partition coefficient (Wildman–Crippen LogP) is -1.41. The number of thioether (sulfide) groups is 1. The number of rotatable bonds is 3. The Balaban J connectivity index is 2.20. The second-order valence-electron chi connectivity index (χ2n) is 2.16. The maximum Gasteiger partial charge on any atom is 0.313 e. The summed E-state index contributed by atoms with van der Waals surface area (Å²) in [5.41, 5.74) is 5.33. The molecule has 1 fully saturated rings. The summed E-state index contributed by atoms with van der Waals surface area (Å²) in [5.74, 6) is -1.14. The van der Waals surface area contributed by atoms with Crippen molar-refractivity contribution in [2.24, 2.45) is 5.73 Å². The van der Waals surface area contributed by atoms with E-state index >= 15 is 0 Å². The molecule has 0 aromatic heterocycles. The van der Waals surface area contributed by atoms with Crippen molar-refractivity contribution < 1.29 is 14.7 Å². The van der Waals surface area contributed by atoms with Crippen molar-refractivity contribution in [2.75, 3.05) is 5.75 Å². The number of nitrogens with one attached hydrogen (secondary N) is 1. The van der Waals surface area contributed by atoms with E-state index in [0.717, 1.165) is 11.8 Å². The number of aliphatic carboxylic acids is 1. The number of amides is 1. The van der Waals surface area contributed by atoms with Crippen LogP contribution in [0.2, 0.25) is 0 Å². The van der Waals surface area contributed by atoms with Gasteiger partial charge in [0.05, 0.1) is 11.1 Å². The van der Waals surface area contributed by atoms with Crippen molar-refractivity contribution in [3.63, 3.8) is 0 Å². The summed E-state index contributed by atoms with van der Waals surface area (Å²) < 4.78 is 0. The van der Waals surface area contributed by atoms with E-state index in [1.807, 2.05) is 0 Å². The molecule has 0 bridgehead atoms. The summed E-state index contributed by atoms with van der Waals surface area (Å²) >= 11 is 1.13. The van der Waals surface area contributed by atoms with Gasteiger partial charge in [0.2, 0.25) is 5.91 Å². The average molecular weight is 176 g/mol. The number of carboxylic acid groups (broad SMARTS) is 1. The van der Waals surface area contributed by atoms with Gasteiger partial charge in [-0.2, -0.15) is 0 Å². The number of hydrogen-bond donors (Lipinski definition) is 3. The molecule has 1 amide bonds. The lowest BCUT2D eigenvalue weighted by Crippen LogP contribution is -2.65. The molecule has 5 nitrogen and oxygen atoms in total. The summed E-state index contributed by atoms with van der Waals surface area (Å²) in [6, 6.07) is -0.542. The van der Waals surface area contributed by atoms with Crippen LogP contribution in [0.1, 0.15) is 0 Å². The van der Waals surface area contributed by atoms with Gasteiger partial charge < -0.3 is 16.2 Å². The van der Waals surface area contributed by atoms with Gasteiger partial charge in [-0.25, -0.2) is 0 Å². The molecule has 62 valence electrons. The van der Waals surface area contributed by atoms with Crippen molar-refractivity contribution in [2.45, 2.75) is 11.4 Å². The fraction of sp³-hybridized carbons (Fsp3) is 0.600. The monoisotopic (exact) mass is 176 g/mol. The molecule has 0 saturated carbocycles. The molecule has 11 heavy (non-hydrogen) atoms. The lowest BCUT2D eigenvalue weighted by atomic mass is 10.2. The number of β-lactam (4-membered cyclic amide) rings is 1. The van der Waals surface area contributed by atoms with Crippen LogP contribution in [0, 0.1) is 0 Å². The van der Waals surface area contributed by atoms with Crippen LogP contribution in [0.4, 0.5) is 0 Å². The lowest BCUT2D eigenvalue weighted by Gasteiger charge is -2.32. The van der Waals surface area contributed by atoms with Gasteiger partial charge >= 0.3 is 5.97 Å². The summed E-state index contributed by atoms with van der Waals surface area (Å²) in [5, 5.41) is 10.5. The van der Waals surface area contributed by atoms with E-state index < -0.39 is 12.0 Å². The zero-order valence-electron chi connectivity index (χ0n) is 5.61. The van der Waals surface area contributed by atoms with Crippen molar-refractivity contribution in [1.82, 2.24) is 5.32 Å². The van der Waals surface area contributed by atoms with Gasteiger partial charge in [-0.3, -0.25) is 9.59 Å². The van der Waals surface area contributed by atoms with Gasteiger partial charge in [0, 0.05) is 0 Å². The Hall–Kier alpha value is -0.750. The van der Waals surface area contributed by atoms with Gasteiger partial charge in [0.25, 0.3) is 0 Å². The molecule has 2 atom stereocenters. The average Bonchev–Trinajstić information content (AvgIpc) is 1.96. The second kappa shape index (κ2) is 3.10. The fourth-order valence-electron chi connectivity index (χ4n) is 0.674. The van der Waals surface area contributed by atoms with E-state index in [1.165, 1.54) is 0 Å². The van der Waals surface area contributed by atoms with Gasteiger partial charge in [0.15, 0.2) is 0 Å². The maximum atomic E-state index is 10.5. The Labute approximate surface area is 67.3 Å². The molecule has 0 aromatic carbocycles. The summed E-state index contributed by atoms with van der Waals surface area (Å²) in [7, 11) is 0. The third-order valence-electron chi connectivity index (χ3n) is 1.30. The van der Waals surface area contributed by atoms with Crippen LogP contribution in [0.15, 0.2) is 0 Å². The quantitative estimate of drug-likeness (QED) is 0.459. The minimum Gasteiger partial charge on any atom is -0.481 e. The Bertz CT molecular complexity index is 196. The molecular weight excluding hydrogens is 168 g/mol. The van der Waals surface area contributed by atoms with Crippen LogP contribution in [0.5, 0.6) is 0 Å². The molecule has 2 unspecified atom stereocenters. The molecule has 0 aliphatic carbocycles. The molecule has 1 aliphatic rings. The van der Waals surface area contributed by atoms with Crippen molar-refractivity contribution >= 4 is 23.6 Å². The minimum absolute atomic E-state index is 0.0291. The number of carbonyl (C=O) groups excluding carboxylic acids is 1. The Kier molecular flexibility index (Phi) is 2.35. The van der Waals surface area contributed by atoms with E-state index in [9.17, 15) is 9.59 Å². The lowest BCUT2D eigenvalue weighted by molar-refractivity contribution is -0.134. The molecule has 1 aliphatic heterocycles. The molecule has 4 N–H and O–H groups in total. The largest absolute Gasteiger partial charge is 0.481 e. The van der Waals surface area contributed by atoms with Crippen LogP contribution >= 0.6 is 11.8 Å². The van der Waals surface area contributed by atoms with Crippen LogP contribution in [-0.2, 0) is 9.59 Å². The van der Waals surface area contributed by atoms with E-state index in [0.29, 0.717) is 0 Å². The van der Waals surface area contributed by atoms with Crippen LogP contribution in [-0.4, -0.2) is 34.2 Å². The first-order valence-electron chi connectivity index (χ1n) is 3.00. The van der Waals surface area contributed by atoms with Crippen molar-refractivity contribution in [1.29, 1.82) is 0 Å². The Morgan fingerprint density at radius 3 is 2.82 bits per heavy atom. The smallest absolute Gasteiger partial charge is 0.313 e. The maximum absolute atomic E-state index is 10.5. The molecule has 0 aromatic rings. The van der Waals surface area contributed by atoms with Gasteiger partial charge in [-0.05, 0) is 0 Å². The van der Waals surface area contributed by atoms with E-state index in [2.05, 4.69) is 5.32 Å². The number of hydrogen-bond acceptors (Lipinski definition) is 4. The number of carboxylic acids is 1.